The van der Waals surface area contributed by atoms with Crippen LogP contribution in [-0.4, -0.2) is 41.5 Å². The molecule has 218 valence electrons. The van der Waals surface area contributed by atoms with E-state index in [1.54, 1.807) is 18.2 Å². The van der Waals surface area contributed by atoms with Gasteiger partial charge in [0.1, 0.15) is 51.6 Å². The van der Waals surface area contributed by atoms with Crippen LogP contribution in [0.4, 0.5) is 0 Å². The largest absolute Gasteiger partial charge is 0.508 e. The summed E-state index contributed by atoms with van der Waals surface area (Å²) in [6.07, 6.45) is 2.10. The Morgan fingerprint density at radius 2 is 1.35 bits per heavy atom. The third-order valence-electron chi connectivity index (χ3n) is 8.05. The zero-order valence-corrected chi connectivity index (χ0v) is 22.9. The van der Waals surface area contributed by atoms with Crippen LogP contribution < -0.4 is 0 Å². The van der Waals surface area contributed by atoms with Gasteiger partial charge in [0.25, 0.3) is 0 Å². The number of rotatable bonds is 5. The molecular formula is C34H28O9. The maximum Gasteiger partial charge on any atom is 0.171 e. The zero-order valence-electron chi connectivity index (χ0n) is 22.9. The Morgan fingerprint density at radius 1 is 0.721 bits per heavy atom. The van der Waals surface area contributed by atoms with E-state index < -0.39 is 29.3 Å². The van der Waals surface area contributed by atoms with Gasteiger partial charge in [-0.3, -0.25) is 4.79 Å². The molecule has 4 aromatic carbocycles. The van der Waals surface area contributed by atoms with Gasteiger partial charge in [-0.15, -0.1) is 0 Å². The molecule has 0 aliphatic heterocycles. The summed E-state index contributed by atoms with van der Waals surface area (Å²) in [6, 6.07) is 16.9. The van der Waals surface area contributed by atoms with E-state index >= 15 is 0 Å². The zero-order chi connectivity index (χ0) is 30.6. The van der Waals surface area contributed by atoms with Crippen molar-refractivity contribution in [2.45, 2.75) is 25.2 Å². The second kappa shape index (κ2) is 10.4. The number of aromatic hydroxyl groups is 7. The first-order chi connectivity index (χ1) is 20.5. The number of phenolic OH excluding ortho intramolecular Hbond substituents is 7. The number of allylic oxidation sites excluding steroid dienone is 2. The SMILES string of the molecule is CC1=CC(c2c(O)cc(-c3cc4ccc(O)cc4o3)cc2O)[C@@H](C(=O)c2ccc(O)cc2O)[C@H](c2ccc(O)cc2O)C1. The highest BCUT2D eigenvalue weighted by Crippen LogP contribution is 2.53. The van der Waals surface area contributed by atoms with Crippen LogP contribution in [0.1, 0.15) is 46.7 Å². The molecule has 0 fully saturated rings. The summed E-state index contributed by atoms with van der Waals surface area (Å²) in [6.45, 7) is 1.84. The monoisotopic (exact) mass is 580 g/mol. The summed E-state index contributed by atoms with van der Waals surface area (Å²) in [5, 5.41) is 74.3. The molecule has 6 rings (SSSR count). The van der Waals surface area contributed by atoms with E-state index in [9.17, 15) is 40.5 Å². The summed E-state index contributed by atoms with van der Waals surface area (Å²) in [5.41, 5.74) is 1.95. The normalized spacial score (nSPS) is 18.4. The van der Waals surface area contributed by atoms with Crippen molar-refractivity contribution in [3.05, 3.63) is 101 Å². The maximum absolute atomic E-state index is 14.2. The predicted molar refractivity (Wildman–Crippen MR) is 158 cm³/mol. The molecule has 1 heterocycles. The van der Waals surface area contributed by atoms with E-state index in [2.05, 4.69) is 0 Å². The second-order valence-corrected chi connectivity index (χ2v) is 10.9. The van der Waals surface area contributed by atoms with Gasteiger partial charge >= 0.3 is 0 Å². The van der Waals surface area contributed by atoms with Crippen molar-refractivity contribution in [1.82, 2.24) is 0 Å². The number of benzene rings is 4. The lowest BCUT2D eigenvalue weighted by molar-refractivity contribution is 0.0876. The Morgan fingerprint density at radius 3 is 2.02 bits per heavy atom. The molecule has 0 bridgehead atoms. The van der Waals surface area contributed by atoms with Gasteiger partial charge in [0.05, 0.1) is 5.56 Å². The quantitative estimate of drug-likeness (QED) is 0.0876. The predicted octanol–water partition coefficient (Wildman–Crippen LogP) is 6.76. The molecule has 5 aromatic rings. The smallest absolute Gasteiger partial charge is 0.171 e. The first kappa shape index (κ1) is 27.6. The number of fused-ring (bicyclic) bond motifs is 1. The molecule has 1 aliphatic rings. The van der Waals surface area contributed by atoms with Gasteiger partial charge < -0.3 is 40.2 Å². The average Bonchev–Trinajstić information content (AvgIpc) is 3.35. The fourth-order valence-electron chi connectivity index (χ4n) is 6.14. The van der Waals surface area contributed by atoms with Crippen molar-refractivity contribution in [2.75, 3.05) is 0 Å². The molecule has 1 aromatic heterocycles. The van der Waals surface area contributed by atoms with Gasteiger partial charge in [0.2, 0.25) is 0 Å². The lowest BCUT2D eigenvalue weighted by atomic mass is 9.65. The molecule has 9 heteroatoms. The third-order valence-corrected chi connectivity index (χ3v) is 8.05. The van der Waals surface area contributed by atoms with E-state index in [-0.39, 0.29) is 45.6 Å². The summed E-state index contributed by atoms with van der Waals surface area (Å²) in [7, 11) is 0. The molecular weight excluding hydrogens is 552 g/mol. The Hall–Kier alpha value is -5.57. The third kappa shape index (κ3) is 4.95. The molecule has 1 unspecified atom stereocenters. The molecule has 0 saturated heterocycles. The van der Waals surface area contributed by atoms with Crippen molar-refractivity contribution >= 4 is 16.8 Å². The minimum atomic E-state index is -1.04. The van der Waals surface area contributed by atoms with Gasteiger partial charge in [-0.1, -0.05) is 17.7 Å². The number of hydrogen-bond donors (Lipinski definition) is 7. The van der Waals surface area contributed by atoms with E-state index in [1.807, 2.05) is 6.92 Å². The van der Waals surface area contributed by atoms with Crippen LogP contribution in [0, 0.1) is 5.92 Å². The first-order valence-corrected chi connectivity index (χ1v) is 13.5. The van der Waals surface area contributed by atoms with Crippen LogP contribution in [0.15, 0.2) is 88.9 Å². The Balaban J connectivity index is 1.50. The van der Waals surface area contributed by atoms with E-state index in [4.69, 9.17) is 4.42 Å². The van der Waals surface area contributed by atoms with Gasteiger partial charge in [-0.05, 0) is 67.4 Å². The maximum atomic E-state index is 14.2. The van der Waals surface area contributed by atoms with Crippen LogP contribution in [0.2, 0.25) is 0 Å². The Bertz CT molecular complexity index is 1910. The molecule has 0 radical (unpaired) electrons. The lowest BCUT2D eigenvalue weighted by Gasteiger charge is -2.37. The Kier molecular flexibility index (Phi) is 6.65. The molecule has 0 saturated carbocycles. The summed E-state index contributed by atoms with van der Waals surface area (Å²) in [4.78, 5) is 14.2. The minimum Gasteiger partial charge on any atom is -0.508 e. The highest BCUT2D eigenvalue weighted by molar-refractivity contribution is 6.02. The molecule has 43 heavy (non-hydrogen) atoms. The van der Waals surface area contributed by atoms with Crippen molar-refractivity contribution in [3.63, 3.8) is 0 Å². The van der Waals surface area contributed by atoms with Gasteiger partial charge in [0.15, 0.2) is 5.78 Å². The highest BCUT2D eigenvalue weighted by atomic mass is 16.3. The van der Waals surface area contributed by atoms with Crippen LogP contribution in [-0.2, 0) is 0 Å². The van der Waals surface area contributed by atoms with Crippen molar-refractivity contribution in [2.24, 2.45) is 5.92 Å². The minimum absolute atomic E-state index is 0.0264. The van der Waals surface area contributed by atoms with Gasteiger partial charge in [-0.2, -0.15) is 0 Å². The van der Waals surface area contributed by atoms with Gasteiger partial charge in [0, 0.05) is 52.5 Å². The van der Waals surface area contributed by atoms with Crippen LogP contribution in [0.25, 0.3) is 22.3 Å². The summed E-state index contributed by atoms with van der Waals surface area (Å²) < 4.78 is 5.84. The first-order valence-electron chi connectivity index (χ1n) is 13.5. The highest BCUT2D eigenvalue weighted by Gasteiger charge is 2.43. The fraction of sp³-hybridized carbons (Fsp3) is 0.147. The number of hydrogen-bond acceptors (Lipinski definition) is 9. The molecule has 7 N–H and O–H groups in total. The molecule has 1 aliphatic carbocycles. The van der Waals surface area contributed by atoms with E-state index in [0.29, 0.717) is 34.3 Å². The number of carbonyl (C=O) groups excluding carboxylic acids is 1. The topological polar surface area (TPSA) is 172 Å². The number of furan rings is 1. The fourth-order valence-corrected chi connectivity index (χ4v) is 6.14. The van der Waals surface area contributed by atoms with Crippen molar-refractivity contribution in [1.29, 1.82) is 0 Å². The lowest BCUT2D eigenvalue weighted by Crippen LogP contribution is -2.31. The molecule has 0 amide bonds. The van der Waals surface area contributed by atoms with Crippen LogP contribution in [0.3, 0.4) is 0 Å². The number of phenols is 7. The molecule has 9 nitrogen and oxygen atoms in total. The molecule has 0 spiro atoms. The van der Waals surface area contributed by atoms with E-state index in [1.165, 1.54) is 54.6 Å². The van der Waals surface area contributed by atoms with Crippen molar-refractivity contribution < 1.29 is 45.0 Å². The standard InChI is InChI=1S/C34H28O9/c1-16-8-24(22-6-4-19(35)13-26(22)38)32(34(42)23-7-5-20(36)14-27(23)39)25(9-16)33-28(40)10-18(11-29(33)41)30-12-17-2-3-21(37)15-31(17)43-30/h2-7,9-15,24-25,32,35-41H,8H2,1H3/t24-,25?,32-/m0/s1. The second-order valence-electron chi connectivity index (χ2n) is 10.9. The van der Waals surface area contributed by atoms with Crippen LogP contribution in [0.5, 0.6) is 40.2 Å². The number of carbonyl (C=O) groups is 1. The number of ketones is 1. The summed E-state index contributed by atoms with van der Waals surface area (Å²) in [5.74, 6) is -4.49. The van der Waals surface area contributed by atoms with Crippen LogP contribution >= 0.6 is 0 Å². The van der Waals surface area contributed by atoms with E-state index in [0.717, 1.165) is 11.6 Å². The number of Topliss-reactive ketones (excluding diaryl/α,β-unsaturated/α-hetero) is 1. The van der Waals surface area contributed by atoms with Gasteiger partial charge in [-0.25, -0.2) is 0 Å². The summed E-state index contributed by atoms with van der Waals surface area (Å²) >= 11 is 0. The molecule has 3 atom stereocenters. The average molecular weight is 581 g/mol. The van der Waals surface area contributed by atoms with Crippen molar-refractivity contribution in [3.8, 4) is 51.6 Å². The Labute approximate surface area is 245 Å².